The Morgan fingerprint density at radius 3 is 2.84 bits per heavy atom. The van der Waals surface area contributed by atoms with E-state index < -0.39 is 5.97 Å². The fourth-order valence-electron chi connectivity index (χ4n) is 1.44. The number of hydrogen-bond acceptors (Lipinski definition) is 5. The van der Waals surface area contributed by atoms with Crippen LogP contribution in [0.5, 0.6) is 0 Å². The molecule has 0 aliphatic heterocycles. The SMILES string of the molecule is Cc1ccc(/C=N\Nc2ccc(Cl)c(C(=O)[O-])c2)o1. The van der Waals surface area contributed by atoms with Gasteiger partial charge in [0.25, 0.3) is 0 Å². The molecule has 2 aromatic rings. The van der Waals surface area contributed by atoms with Gasteiger partial charge in [0.15, 0.2) is 0 Å². The van der Waals surface area contributed by atoms with Gasteiger partial charge in [-0.05, 0) is 37.3 Å². The summed E-state index contributed by atoms with van der Waals surface area (Å²) in [6.07, 6.45) is 1.49. The van der Waals surface area contributed by atoms with E-state index in [1.54, 1.807) is 12.1 Å². The van der Waals surface area contributed by atoms with E-state index in [2.05, 4.69) is 10.5 Å². The molecule has 1 heterocycles. The number of benzene rings is 1. The van der Waals surface area contributed by atoms with E-state index in [-0.39, 0.29) is 10.6 Å². The average molecular weight is 278 g/mol. The lowest BCUT2D eigenvalue weighted by Gasteiger charge is -2.07. The Morgan fingerprint density at radius 1 is 1.42 bits per heavy atom. The van der Waals surface area contributed by atoms with Crippen LogP contribution < -0.4 is 10.5 Å². The van der Waals surface area contributed by atoms with Crippen molar-refractivity contribution in [2.24, 2.45) is 5.10 Å². The number of carboxylic acids is 1. The first kappa shape index (κ1) is 13.2. The summed E-state index contributed by atoms with van der Waals surface area (Å²) in [6, 6.07) is 8.01. The molecule has 19 heavy (non-hydrogen) atoms. The number of furan rings is 1. The molecule has 1 aromatic carbocycles. The zero-order valence-electron chi connectivity index (χ0n) is 10.0. The zero-order valence-corrected chi connectivity index (χ0v) is 10.8. The summed E-state index contributed by atoms with van der Waals surface area (Å²) in [5.41, 5.74) is 3.09. The molecule has 6 heteroatoms. The first-order chi connectivity index (χ1) is 9.06. The maximum absolute atomic E-state index is 10.8. The highest BCUT2D eigenvalue weighted by Crippen LogP contribution is 2.19. The fraction of sp³-hybridized carbons (Fsp3) is 0.0769. The molecule has 0 atom stereocenters. The summed E-state index contributed by atoms with van der Waals surface area (Å²) in [6.45, 7) is 1.83. The van der Waals surface area contributed by atoms with Crippen LogP contribution in [0.3, 0.4) is 0 Å². The number of hydrogen-bond donors (Lipinski definition) is 1. The summed E-state index contributed by atoms with van der Waals surface area (Å²) >= 11 is 5.72. The summed E-state index contributed by atoms with van der Waals surface area (Å²) in [4.78, 5) is 10.8. The Kier molecular flexibility index (Phi) is 3.87. The largest absolute Gasteiger partial charge is 0.545 e. The van der Waals surface area contributed by atoms with Gasteiger partial charge in [0.1, 0.15) is 11.5 Å². The van der Waals surface area contributed by atoms with Crippen molar-refractivity contribution >= 4 is 29.5 Å². The molecule has 0 aliphatic carbocycles. The van der Waals surface area contributed by atoms with Crippen molar-refractivity contribution in [3.63, 3.8) is 0 Å². The molecule has 98 valence electrons. The number of halogens is 1. The molecule has 2 rings (SSSR count). The molecule has 0 fully saturated rings. The Labute approximate surface area is 114 Å². The molecule has 0 radical (unpaired) electrons. The highest BCUT2D eigenvalue weighted by molar-refractivity contribution is 6.33. The van der Waals surface area contributed by atoms with E-state index in [1.807, 2.05) is 13.0 Å². The predicted molar refractivity (Wildman–Crippen MR) is 70.4 cm³/mol. The van der Waals surface area contributed by atoms with Crippen molar-refractivity contribution in [3.8, 4) is 0 Å². The molecule has 0 bridgehead atoms. The quantitative estimate of drug-likeness (QED) is 0.685. The number of carboxylic acid groups (broad SMARTS) is 1. The number of nitrogens with zero attached hydrogens (tertiary/aromatic N) is 1. The molecule has 0 aliphatic rings. The van der Waals surface area contributed by atoms with Gasteiger partial charge in [-0.3, -0.25) is 5.43 Å². The van der Waals surface area contributed by atoms with Crippen LogP contribution in [0.2, 0.25) is 5.02 Å². The maximum atomic E-state index is 10.8. The standard InChI is InChI=1S/C13H11ClN2O3/c1-8-2-4-10(19-8)7-15-16-9-3-5-12(14)11(6-9)13(17)18/h2-7,16H,1H3,(H,17,18)/p-1/b15-7-. The molecule has 0 saturated carbocycles. The highest BCUT2D eigenvalue weighted by atomic mass is 35.5. The van der Waals surface area contributed by atoms with Gasteiger partial charge in [0.05, 0.1) is 17.9 Å². The molecule has 0 spiro atoms. The summed E-state index contributed by atoms with van der Waals surface area (Å²) in [5, 5.41) is 14.8. The van der Waals surface area contributed by atoms with E-state index >= 15 is 0 Å². The van der Waals surface area contributed by atoms with Crippen LogP contribution >= 0.6 is 11.6 Å². The number of rotatable bonds is 4. The zero-order chi connectivity index (χ0) is 13.8. The lowest BCUT2D eigenvalue weighted by Crippen LogP contribution is -2.22. The predicted octanol–water partition coefficient (Wildman–Crippen LogP) is 2.05. The van der Waals surface area contributed by atoms with E-state index in [0.717, 1.165) is 5.76 Å². The van der Waals surface area contributed by atoms with Gasteiger partial charge >= 0.3 is 0 Å². The van der Waals surface area contributed by atoms with Crippen molar-refractivity contribution in [2.75, 3.05) is 5.43 Å². The third-order valence-corrected chi connectivity index (χ3v) is 2.66. The first-order valence-electron chi connectivity index (χ1n) is 5.42. The van der Waals surface area contributed by atoms with Crippen molar-refractivity contribution in [1.29, 1.82) is 0 Å². The lowest BCUT2D eigenvalue weighted by atomic mass is 10.2. The van der Waals surface area contributed by atoms with E-state index in [1.165, 1.54) is 18.3 Å². The van der Waals surface area contributed by atoms with Gasteiger partial charge in [-0.2, -0.15) is 5.10 Å². The van der Waals surface area contributed by atoms with Crippen LogP contribution in [-0.4, -0.2) is 12.2 Å². The van der Waals surface area contributed by atoms with Gasteiger partial charge < -0.3 is 14.3 Å². The molecule has 5 nitrogen and oxygen atoms in total. The average Bonchev–Trinajstić information content (AvgIpc) is 2.77. The highest BCUT2D eigenvalue weighted by Gasteiger charge is 2.02. The summed E-state index contributed by atoms with van der Waals surface area (Å²) in [5.74, 6) is 0.0468. The van der Waals surface area contributed by atoms with Crippen molar-refractivity contribution in [1.82, 2.24) is 0 Å². The van der Waals surface area contributed by atoms with Gasteiger partial charge in [0, 0.05) is 10.6 Å². The molecule has 0 saturated heterocycles. The molecular formula is C13H10ClN2O3-. The van der Waals surface area contributed by atoms with Gasteiger partial charge in [-0.15, -0.1) is 0 Å². The number of carbonyl (C=O) groups excluding carboxylic acids is 1. The fourth-order valence-corrected chi connectivity index (χ4v) is 1.64. The molecule has 1 aromatic heterocycles. The van der Waals surface area contributed by atoms with E-state index in [9.17, 15) is 9.90 Å². The van der Waals surface area contributed by atoms with Gasteiger partial charge in [-0.25, -0.2) is 0 Å². The Hall–Kier alpha value is -2.27. The van der Waals surface area contributed by atoms with Crippen molar-refractivity contribution in [2.45, 2.75) is 6.92 Å². The monoisotopic (exact) mass is 277 g/mol. The minimum atomic E-state index is -1.33. The molecule has 1 N–H and O–H groups in total. The van der Waals surface area contributed by atoms with Gasteiger partial charge in [0.2, 0.25) is 0 Å². The Morgan fingerprint density at radius 2 is 2.21 bits per heavy atom. The normalized spacial score (nSPS) is 10.8. The Balaban J connectivity index is 2.09. The third-order valence-electron chi connectivity index (χ3n) is 2.33. The number of aromatic carboxylic acids is 1. The number of anilines is 1. The summed E-state index contributed by atoms with van der Waals surface area (Å²) in [7, 11) is 0. The minimum absolute atomic E-state index is 0.0873. The van der Waals surface area contributed by atoms with Gasteiger partial charge in [-0.1, -0.05) is 11.6 Å². The van der Waals surface area contributed by atoms with Crippen LogP contribution in [0.1, 0.15) is 21.9 Å². The number of nitrogens with one attached hydrogen (secondary N) is 1. The molecule has 0 amide bonds. The van der Waals surface area contributed by atoms with Crippen molar-refractivity contribution < 1.29 is 14.3 Å². The van der Waals surface area contributed by atoms with Crippen LogP contribution in [0.25, 0.3) is 0 Å². The summed E-state index contributed by atoms with van der Waals surface area (Å²) < 4.78 is 5.29. The lowest BCUT2D eigenvalue weighted by molar-refractivity contribution is -0.255. The van der Waals surface area contributed by atoms with Crippen LogP contribution in [0.4, 0.5) is 5.69 Å². The number of aryl methyl sites for hydroxylation is 1. The van der Waals surface area contributed by atoms with Crippen LogP contribution in [0, 0.1) is 6.92 Å². The Bertz CT molecular complexity index is 635. The van der Waals surface area contributed by atoms with Crippen LogP contribution in [0.15, 0.2) is 39.9 Å². The molecule has 0 unspecified atom stereocenters. The third kappa shape index (κ3) is 3.35. The van der Waals surface area contributed by atoms with E-state index in [0.29, 0.717) is 11.4 Å². The second-order valence-electron chi connectivity index (χ2n) is 3.80. The number of hydrazone groups is 1. The van der Waals surface area contributed by atoms with Crippen molar-refractivity contribution in [3.05, 3.63) is 52.4 Å². The topological polar surface area (TPSA) is 77.7 Å². The second kappa shape index (κ2) is 5.58. The second-order valence-corrected chi connectivity index (χ2v) is 4.21. The first-order valence-corrected chi connectivity index (χ1v) is 5.80. The van der Waals surface area contributed by atoms with Crippen LogP contribution in [-0.2, 0) is 0 Å². The minimum Gasteiger partial charge on any atom is -0.545 e. The number of carbonyl (C=O) groups is 1. The molecular weight excluding hydrogens is 268 g/mol. The smallest absolute Gasteiger partial charge is 0.147 e. The maximum Gasteiger partial charge on any atom is 0.147 e. The van der Waals surface area contributed by atoms with E-state index in [4.69, 9.17) is 16.0 Å².